The van der Waals surface area contributed by atoms with Gasteiger partial charge >= 0.3 is 5.97 Å². The molecule has 0 aliphatic rings. The predicted octanol–water partition coefficient (Wildman–Crippen LogP) is 1.72. The molecule has 0 saturated heterocycles. The second-order valence-electron chi connectivity index (χ2n) is 3.77. The van der Waals surface area contributed by atoms with Crippen molar-refractivity contribution < 1.29 is 19.0 Å². The predicted molar refractivity (Wildman–Crippen MR) is 76.2 cm³/mol. The summed E-state index contributed by atoms with van der Waals surface area (Å²) in [7, 11) is 1.57. The molecule has 0 bridgehead atoms. The SMILES string of the molecule is COCCOCCOC(=O)c1cc(N)c(Br)cc1C#N. The van der Waals surface area contributed by atoms with Crippen LogP contribution in [0.3, 0.4) is 0 Å². The number of halogens is 1. The Balaban J connectivity index is 2.56. The van der Waals surface area contributed by atoms with Crippen molar-refractivity contribution in [3.05, 3.63) is 27.7 Å². The zero-order valence-corrected chi connectivity index (χ0v) is 12.6. The summed E-state index contributed by atoms with van der Waals surface area (Å²) in [6, 6.07) is 4.83. The number of nitrogen functional groups attached to an aromatic ring is 1. The topological polar surface area (TPSA) is 94.6 Å². The average molecular weight is 343 g/mol. The minimum absolute atomic E-state index is 0.101. The minimum Gasteiger partial charge on any atom is -0.460 e. The summed E-state index contributed by atoms with van der Waals surface area (Å²) in [4.78, 5) is 11.9. The Kier molecular flexibility index (Phi) is 7.01. The average Bonchev–Trinajstić information content (AvgIpc) is 2.44. The zero-order chi connectivity index (χ0) is 15.0. The Bertz CT molecular complexity index is 514. The van der Waals surface area contributed by atoms with Gasteiger partial charge in [0.25, 0.3) is 0 Å². The molecular formula is C13H15BrN2O4. The first kappa shape index (κ1) is 16.4. The summed E-state index contributed by atoms with van der Waals surface area (Å²) in [5, 5.41) is 8.99. The Labute approximate surface area is 125 Å². The number of esters is 1. The molecule has 1 rings (SSSR count). The summed E-state index contributed by atoms with van der Waals surface area (Å²) in [5.41, 5.74) is 6.41. The maximum Gasteiger partial charge on any atom is 0.339 e. The second kappa shape index (κ2) is 8.53. The molecule has 20 heavy (non-hydrogen) atoms. The summed E-state index contributed by atoms with van der Waals surface area (Å²) in [6.45, 7) is 1.28. The lowest BCUT2D eigenvalue weighted by atomic mass is 10.1. The van der Waals surface area contributed by atoms with Gasteiger partial charge in [0.15, 0.2) is 0 Å². The molecule has 0 heterocycles. The quantitative estimate of drug-likeness (QED) is 0.460. The van der Waals surface area contributed by atoms with Gasteiger partial charge in [-0.1, -0.05) is 0 Å². The van der Waals surface area contributed by atoms with E-state index in [0.717, 1.165) is 0 Å². The molecule has 0 atom stereocenters. The van der Waals surface area contributed by atoms with Crippen molar-refractivity contribution in [1.82, 2.24) is 0 Å². The van der Waals surface area contributed by atoms with Gasteiger partial charge in [-0.3, -0.25) is 0 Å². The largest absolute Gasteiger partial charge is 0.460 e. The molecule has 0 radical (unpaired) electrons. The van der Waals surface area contributed by atoms with Crippen molar-refractivity contribution >= 4 is 27.6 Å². The van der Waals surface area contributed by atoms with Crippen molar-refractivity contribution in [3.8, 4) is 6.07 Å². The van der Waals surface area contributed by atoms with Crippen molar-refractivity contribution in [1.29, 1.82) is 5.26 Å². The number of benzene rings is 1. The fraction of sp³-hybridized carbons (Fsp3) is 0.385. The highest BCUT2D eigenvalue weighted by Crippen LogP contribution is 2.24. The Morgan fingerprint density at radius 2 is 2.05 bits per heavy atom. The summed E-state index contributed by atoms with van der Waals surface area (Å²) in [6.07, 6.45) is 0. The number of anilines is 1. The molecule has 108 valence electrons. The first-order chi connectivity index (χ1) is 9.60. The minimum atomic E-state index is -0.601. The van der Waals surface area contributed by atoms with Crippen molar-refractivity contribution in [3.63, 3.8) is 0 Å². The number of carbonyl (C=O) groups is 1. The molecule has 0 aromatic heterocycles. The van der Waals surface area contributed by atoms with E-state index in [9.17, 15) is 4.79 Å². The molecule has 2 N–H and O–H groups in total. The third-order valence-corrected chi connectivity index (χ3v) is 3.06. The van der Waals surface area contributed by atoms with Gasteiger partial charge in [0, 0.05) is 17.3 Å². The molecular weight excluding hydrogens is 328 g/mol. The standard InChI is InChI=1S/C13H15BrN2O4/c1-18-2-3-19-4-5-20-13(17)10-7-12(16)11(14)6-9(10)8-15/h6-7H,2-5,16H2,1H3. The summed E-state index contributed by atoms with van der Waals surface area (Å²) < 4.78 is 15.5. The molecule has 0 fully saturated rings. The highest BCUT2D eigenvalue weighted by atomic mass is 79.9. The highest BCUT2D eigenvalue weighted by Gasteiger charge is 2.15. The smallest absolute Gasteiger partial charge is 0.339 e. The zero-order valence-electron chi connectivity index (χ0n) is 11.0. The van der Waals surface area contributed by atoms with Crippen LogP contribution in [-0.4, -0.2) is 39.5 Å². The van der Waals surface area contributed by atoms with Crippen molar-refractivity contribution in [2.75, 3.05) is 39.3 Å². The first-order valence-corrected chi connectivity index (χ1v) is 6.62. The fourth-order valence-electron chi connectivity index (χ4n) is 1.37. The third kappa shape index (κ3) is 4.81. The van der Waals surface area contributed by atoms with Crippen molar-refractivity contribution in [2.45, 2.75) is 0 Å². The van der Waals surface area contributed by atoms with E-state index in [-0.39, 0.29) is 24.3 Å². The van der Waals surface area contributed by atoms with Gasteiger partial charge in [-0.2, -0.15) is 5.26 Å². The summed E-state index contributed by atoms with van der Waals surface area (Å²) >= 11 is 3.20. The van der Waals surface area contributed by atoms with Crippen LogP contribution in [-0.2, 0) is 14.2 Å². The lowest BCUT2D eigenvalue weighted by Gasteiger charge is -2.08. The van der Waals surface area contributed by atoms with Gasteiger partial charge in [-0.25, -0.2) is 4.79 Å². The fourth-order valence-corrected chi connectivity index (χ4v) is 1.71. The normalized spacial score (nSPS) is 10.1. The molecule has 0 amide bonds. The van der Waals surface area contributed by atoms with Gasteiger partial charge in [-0.05, 0) is 28.1 Å². The molecule has 6 nitrogen and oxygen atoms in total. The summed E-state index contributed by atoms with van der Waals surface area (Å²) in [5.74, 6) is -0.601. The number of nitrogens with two attached hydrogens (primary N) is 1. The van der Waals surface area contributed by atoms with Crippen LogP contribution >= 0.6 is 15.9 Å². The van der Waals surface area contributed by atoms with Crippen LogP contribution in [0.4, 0.5) is 5.69 Å². The molecule has 0 aliphatic carbocycles. The highest BCUT2D eigenvalue weighted by molar-refractivity contribution is 9.10. The van der Waals surface area contributed by atoms with Crippen LogP contribution in [0.2, 0.25) is 0 Å². The van der Waals surface area contributed by atoms with Gasteiger partial charge in [0.1, 0.15) is 12.7 Å². The Morgan fingerprint density at radius 3 is 2.70 bits per heavy atom. The van der Waals surface area contributed by atoms with Crippen LogP contribution in [0.25, 0.3) is 0 Å². The maximum atomic E-state index is 11.9. The van der Waals surface area contributed by atoms with Gasteiger partial charge in [0.05, 0.1) is 30.9 Å². The van der Waals surface area contributed by atoms with Crippen LogP contribution in [0.5, 0.6) is 0 Å². The van der Waals surface area contributed by atoms with Crippen molar-refractivity contribution in [2.24, 2.45) is 0 Å². The molecule has 0 unspecified atom stereocenters. The van der Waals surface area contributed by atoms with Crippen LogP contribution in [0.1, 0.15) is 15.9 Å². The van der Waals surface area contributed by atoms with Gasteiger partial charge < -0.3 is 19.9 Å². The number of methoxy groups -OCH3 is 1. The molecule has 1 aromatic carbocycles. The number of rotatable bonds is 7. The number of hydrogen-bond donors (Lipinski definition) is 1. The van der Waals surface area contributed by atoms with E-state index < -0.39 is 5.97 Å². The first-order valence-electron chi connectivity index (χ1n) is 5.83. The lowest BCUT2D eigenvalue weighted by Crippen LogP contribution is -2.14. The van der Waals surface area contributed by atoms with Gasteiger partial charge in [-0.15, -0.1) is 0 Å². The lowest BCUT2D eigenvalue weighted by molar-refractivity contribution is 0.0213. The van der Waals surface area contributed by atoms with E-state index in [1.54, 1.807) is 7.11 Å². The van der Waals surface area contributed by atoms with E-state index in [2.05, 4.69) is 15.9 Å². The number of nitrogens with zero attached hydrogens (tertiary/aromatic N) is 1. The van der Waals surface area contributed by atoms with Crippen LogP contribution in [0, 0.1) is 11.3 Å². The molecule has 7 heteroatoms. The molecule has 1 aromatic rings. The second-order valence-corrected chi connectivity index (χ2v) is 4.63. The molecule has 0 spiro atoms. The van der Waals surface area contributed by atoms with E-state index in [4.69, 9.17) is 25.2 Å². The van der Waals surface area contributed by atoms with Crippen LogP contribution < -0.4 is 5.73 Å². The third-order valence-electron chi connectivity index (χ3n) is 2.37. The maximum absolute atomic E-state index is 11.9. The molecule has 0 saturated carbocycles. The van der Waals surface area contributed by atoms with E-state index in [1.807, 2.05) is 6.07 Å². The monoisotopic (exact) mass is 342 g/mol. The van der Waals surface area contributed by atoms with Crippen LogP contribution in [0.15, 0.2) is 16.6 Å². The van der Waals surface area contributed by atoms with E-state index in [1.165, 1.54) is 12.1 Å². The number of ether oxygens (including phenoxy) is 3. The Hall–Kier alpha value is -1.62. The molecule has 0 aliphatic heterocycles. The van der Waals surface area contributed by atoms with Gasteiger partial charge in [0.2, 0.25) is 0 Å². The number of carbonyl (C=O) groups excluding carboxylic acids is 1. The van der Waals surface area contributed by atoms with E-state index >= 15 is 0 Å². The Morgan fingerprint density at radius 1 is 1.35 bits per heavy atom. The number of nitriles is 1. The van der Waals surface area contributed by atoms with E-state index in [0.29, 0.717) is 23.4 Å². The number of hydrogen-bond acceptors (Lipinski definition) is 6.